The molecule has 1 atom stereocenters. The second-order valence-electron chi connectivity index (χ2n) is 7.33. The van der Waals surface area contributed by atoms with E-state index in [-0.39, 0.29) is 5.91 Å². The number of nitrogens with one attached hydrogen (secondary N) is 1. The lowest BCUT2D eigenvalue weighted by Crippen LogP contribution is -2.44. The number of carbonyl (C=O) groups excluding carboxylic acids is 2. The van der Waals surface area contributed by atoms with Crippen molar-refractivity contribution >= 4 is 33.6 Å². The van der Waals surface area contributed by atoms with Gasteiger partial charge in [0.25, 0.3) is 5.91 Å². The van der Waals surface area contributed by atoms with Gasteiger partial charge < -0.3 is 11.1 Å². The molecule has 1 heterocycles. The van der Waals surface area contributed by atoms with Crippen molar-refractivity contribution in [2.75, 3.05) is 0 Å². The SMILES string of the molecule is NC(=O)[C@H](CCCc1ccccc1)NC(=O)c1c2ccccc2nc2ccccc12. The molecule has 0 spiro atoms. The van der Waals surface area contributed by atoms with Crippen molar-refractivity contribution < 1.29 is 9.59 Å². The highest BCUT2D eigenvalue weighted by molar-refractivity contribution is 6.16. The number of benzene rings is 3. The molecule has 5 heteroatoms. The number of amides is 2. The van der Waals surface area contributed by atoms with Crippen molar-refractivity contribution in [3.8, 4) is 0 Å². The van der Waals surface area contributed by atoms with Gasteiger partial charge in [-0.25, -0.2) is 4.98 Å². The molecule has 0 bridgehead atoms. The summed E-state index contributed by atoms with van der Waals surface area (Å²) in [5, 5.41) is 4.36. The molecule has 3 aromatic carbocycles. The first-order chi connectivity index (χ1) is 14.6. The summed E-state index contributed by atoms with van der Waals surface area (Å²) in [6, 6.07) is 24.4. The summed E-state index contributed by atoms with van der Waals surface area (Å²) in [6.07, 6.45) is 2.05. The third kappa shape index (κ3) is 4.15. The average molecular weight is 397 g/mol. The number of pyridine rings is 1. The number of hydrogen-bond acceptors (Lipinski definition) is 3. The Morgan fingerprint density at radius 2 is 1.40 bits per heavy atom. The van der Waals surface area contributed by atoms with Crippen LogP contribution in [0.5, 0.6) is 0 Å². The minimum atomic E-state index is -0.730. The molecule has 30 heavy (non-hydrogen) atoms. The first kappa shape index (κ1) is 19.6. The molecule has 0 saturated carbocycles. The first-order valence-corrected chi connectivity index (χ1v) is 10.0. The van der Waals surface area contributed by atoms with Gasteiger partial charge in [0.05, 0.1) is 16.6 Å². The number of nitrogens with zero attached hydrogens (tertiary/aromatic N) is 1. The van der Waals surface area contributed by atoms with Gasteiger partial charge in [-0.15, -0.1) is 0 Å². The number of hydrogen-bond donors (Lipinski definition) is 2. The second-order valence-corrected chi connectivity index (χ2v) is 7.33. The van der Waals surface area contributed by atoms with Gasteiger partial charge in [-0.2, -0.15) is 0 Å². The van der Waals surface area contributed by atoms with Crippen LogP contribution in [0, 0.1) is 0 Å². The molecule has 0 aliphatic heterocycles. The second kappa shape index (κ2) is 8.74. The van der Waals surface area contributed by atoms with Crippen molar-refractivity contribution in [1.82, 2.24) is 10.3 Å². The fraction of sp³-hybridized carbons (Fsp3) is 0.160. The molecule has 1 aromatic heterocycles. The lowest BCUT2D eigenvalue weighted by Gasteiger charge is -2.17. The van der Waals surface area contributed by atoms with Crippen LogP contribution in [0.25, 0.3) is 21.8 Å². The first-order valence-electron chi connectivity index (χ1n) is 10.0. The number of primary amides is 1. The van der Waals surface area contributed by atoms with Crippen LogP contribution < -0.4 is 11.1 Å². The largest absolute Gasteiger partial charge is 0.368 e. The summed E-state index contributed by atoms with van der Waals surface area (Å²) in [7, 11) is 0. The maximum absolute atomic E-state index is 13.3. The van der Waals surface area contributed by atoms with Crippen LogP contribution in [0.15, 0.2) is 78.9 Å². The Hall–Kier alpha value is -3.73. The van der Waals surface area contributed by atoms with Gasteiger partial charge in [0, 0.05) is 10.8 Å². The van der Waals surface area contributed by atoms with E-state index in [2.05, 4.69) is 10.3 Å². The predicted molar refractivity (Wildman–Crippen MR) is 119 cm³/mol. The van der Waals surface area contributed by atoms with Crippen LogP contribution >= 0.6 is 0 Å². The molecular weight excluding hydrogens is 374 g/mol. The summed E-state index contributed by atoms with van der Waals surface area (Å²) in [5.74, 6) is -0.840. The van der Waals surface area contributed by atoms with E-state index in [1.807, 2.05) is 78.9 Å². The molecule has 2 amide bonds. The molecular formula is C25H23N3O2. The van der Waals surface area contributed by atoms with Gasteiger partial charge in [-0.05, 0) is 37.0 Å². The fourth-order valence-corrected chi connectivity index (χ4v) is 3.76. The smallest absolute Gasteiger partial charge is 0.253 e. The summed E-state index contributed by atoms with van der Waals surface area (Å²) in [4.78, 5) is 30.0. The Kier molecular flexibility index (Phi) is 5.70. The van der Waals surface area contributed by atoms with E-state index in [9.17, 15) is 9.59 Å². The quantitative estimate of drug-likeness (QED) is 0.462. The van der Waals surface area contributed by atoms with Crippen LogP contribution in [0.4, 0.5) is 0 Å². The molecule has 4 rings (SSSR count). The molecule has 0 radical (unpaired) electrons. The summed E-state index contributed by atoms with van der Waals surface area (Å²) in [5.41, 5.74) is 8.79. The maximum atomic E-state index is 13.3. The van der Waals surface area contributed by atoms with Gasteiger partial charge in [0.2, 0.25) is 5.91 Å². The third-order valence-electron chi connectivity index (χ3n) is 5.26. The van der Waals surface area contributed by atoms with Crippen LogP contribution in [-0.2, 0) is 11.2 Å². The number of fused-ring (bicyclic) bond motifs is 2. The predicted octanol–water partition coefficient (Wildman–Crippen LogP) is 3.99. The van der Waals surface area contributed by atoms with Crippen LogP contribution in [-0.4, -0.2) is 22.8 Å². The normalized spacial score (nSPS) is 12.0. The van der Waals surface area contributed by atoms with Gasteiger partial charge in [0.15, 0.2) is 0 Å². The van der Waals surface area contributed by atoms with Gasteiger partial charge >= 0.3 is 0 Å². The van der Waals surface area contributed by atoms with Gasteiger partial charge in [0.1, 0.15) is 6.04 Å². The van der Waals surface area contributed by atoms with Crippen LogP contribution in [0.2, 0.25) is 0 Å². The number of nitrogens with two attached hydrogens (primary N) is 1. The highest BCUT2D eigenvalue weighted by atomic mass is 16.2. The van der Waals surface area contributed by atoms with Crippen molar-refractivity contribution in [1.29, 1.82) is 0 Å². The minimum Gasteiger partial charge on any atom is -0.368 e. The molecule has 0 unspecified atom stereocenters. The fourth-order valence-electron chi connectivity index (χ4n) is 3.76. The molecule has 0 aliphatic rings. The van der Waals surface area contributed by atoms with E-state index in [0.29, 0.717) is 12.0 Å². The Balaban J connectivity index is 1.59. The minimum absolute atomic E-state index is 0.312. The summed E-state index contributed by atoms with van der Waals surface area (Å²) < 4.78 is 0. The van der Waals surface area contributed by atoms with E-state index in [0.717, 1.165) is 34.6 Å². The molecule has 4 aromatic rings. The Labute approximate surface area is 174 Å². The zero-order valence-electron chi connectivity index (χ0n) is 16.5. The lowest BCUT2D eigenvalue weighted by atomic mass is 10.0. The highest BCUT2D eigenvalue weighted by Crippen LogP contribution is 2.26. The number of para-hydroxylation sites is 2. The molecule has 0 saturated heterocycles. The molecule has 0 aliphatic carbocycles. The zero-order chi connectivity index (χ0) is 20.9. The van der Waals surface area contributed by atoms with Crippen LogP contribution in [0.1, 0.15) is 28.8 Å². The number of rotatable bonds is 7. The van der Waals surface area contributed by atoms with Crippen molar-refractivity contribution in [3.05, 3.63) is 90.0 Å². The average Bonchev–Trinajstić information content (AvgIpc) is 2.77. The monoisotopic (exact) mass is 397 g/mol. The van der Waals surface area contributed by atoms with E-state index in [1.165, 1.54) is 5.56 Å². The topological polar surface area (TPSA) is 85.1 Å². The standard InChI is InChI=1S/C25H23N3O2/c26-24(29)22(16-8-11-17-9-2-1-3-10-17)28-25(30)23-18-12-4-6-14-20(18)27-21-15-7-5-13-19(21)23/h1-7,9-10,12-15,22H,8,11,16H2,(H2,26,29)(H,28,30)/t22-/m0/s1. The van der Waals surface area contributed by atoms with Crippen molar-refractivity contribution in [3.63, 3.8) is 0 Å². The van der Waals surface area contributed by atoms with E-state index in [1.54, 1.807) is 0 Å². The number of carbonyl (C=O) groups is 2. The molecule has 5 nitrogen and oxygen atoms in total. The molecule has 150 valence electrons. The zero-order valence-corrected chi connectivity index (χ0v) is 16.5. The highest BCUT2D eigenvalue weighted by Gasteiger charge is 2.22. The number of aromatic nitrogens is 1. The van der Waals surface area contributed by atoms with Crippen molar-refractivity contribution in [2.24, 2.45) is 5.73 Å². The maximum Gasteiger partial charge on any atom is 0.253 e. The number of aryl methyl sites for hydroxylation is 1. The van der Waals surface area contributed by atoms with E-state index in [4.69, 9.17) is 5.73 Å². The lowest BCUT2D eigenvalue weighted by molar-refractivity contribution is -0.120. The third-order valence-corrected chi connectivity index (χ3v) is 5.26. The van der Waals surface area contributed by atoms with Crippen LogP contribution in [0.3, 0.4) is 0 Å². The van der Waals surface area contributed by atoms with E-state index < -0.39 is 11.9 Å². The van der Waals surface area contributed by atoms with Gasteiger partial charge in [-0.1, -0.05) is 66.7 Å². The summed E-state index contributed by atoms with van der Waals surface area (Å²) in [6.45, 7) is 0. The van der Waals surface area contributed by atoms with Gasteiger partial charge in [-0.3, -0.25) is 9.59 Å². The Morgan fingerprint density at radius 1 is 0.833 bits per heavy atom. The van der Waals surface area contributed by atoms with Crippen molar-refractivity contribution in [2.45, 2.75) is 25.3 Å². The Bertz CT molecular complexity index is 1150. The Morgan fingerprint density at radius 3 is 2.00 bits per heavy atom. The molecule has 3 N–H and O–H groups in total. The molecule has 0 fully saturated rings. The van der Waals surface area contributed by atoms with E-state index >= 15 is 0 Å². The summed E-state index contributed by atoms with van der Waals surface area (Å²) >= 11 is 0.